The van der Waals surface area contributed by atoms with Crippen molar-refractivity contribution in [3.63, 3.8) is 0 Å². The van der Waals surface area contributed by atoms with Crippen LogP contribution in [0.3, 0.4) is 0 Å². The summed E-state index contributed by atoms with van der Waals surface area (Å²) in [5.74, 6) is 0.907. The van der Waals surface area contributed by atoms with Gasteiger partial charge in [0, 0.05) is 11.9 Å². The maximum atomic E-state index is 11.7. The number of hydrogen-bond acceptors (Lipinski definition) is 1. The van der Waals surface area contributed by atoms with E-state index >= 15 is 0 Å². The van der Waals surface area contributed by atoms with E-state index in [0.29, 0.717) is 18.2 Å². The third-order valence-electron chi connectivity index (χ3n) is 2.69. The predicted molar refractivity (Wildman–Crippen MR) is 67.6 cm³/mol. The standard InChI is InChI=1S/C13H18ClNO/c1-10(9-14)11(2)15-13(16)8-12-6-4-3-5-7-12/h3-7,10-11H,8-9H2,1-2H3,(H,15,16). The van der Waals surface area contributed by atoms with Crippen molar-refractivity contribution >= 4 is 17.5 Å². The van der Waals surface area contributed by atoms with Crippen LogP contribution < -0.4 is 5.32 Å². The third-order valence-corrected chi connectivity index (χ3v) is 3.18. The van der Waals surface area contributed by atoms with Gasteiger partial charge in [-0.3, -0.25) is 4.79 Å². The third kappa shape index (κ3) is 4.23. The molecule has 0 saturated carbocycles. The summed E-state index contributed by atoms with van der Waals surface area (Å²) in [5.41, 5.74) is 1.03. The molecule has 1 N–H and O–H groups in total. The molecule has 0 aliphatic rings. The Morgan fingerprint density at radius 2 is 1.94 bits per heavy atom. The number of alkyl halides is 1. The number of carbonyl (C=O) groups excluding carboxylic acids is 1. The summed E-state index contributed by atoms with van der Waals surface area (Å²) in [6.45, 7) is 4.01. The van der Waals surface area contributed by atoms with Crippen molar-refractivity contribution in [3.05, 3.63) is 35.9 Å². The van der Waals surface area contributed by atoms with E-state index in [-0.39, 0.29) is 11.9 Å². The fourth-order valence-electron chi connectivity index (χ4n) is 1.36. The van der Waals surface area contributed by atoms with Gasteiger partial charge in [-0.2, -0.15) is 0 Å². The highest BCUT2D eigenvalue weighted by Crippen LogP contribution is 2.05. The molecule has 0 radical (unpaired) electrons. The molecule has 3 heteroatoms. The molecule has 2 unspecified atom stereocenters. The van der Waals surface area contributed by atoms with E-state index in [1.165, 1.54) is 0 Å². The molecule has 1 aromatic rings. The molecule has 1 amide bonds. The normalized spacial score (nSPS) is 14.2. The lowest BCUT2D eigenvalue weighted by molar-refractivity contribution is -0.121. The Morgan fingerprint density at radius 3 is 2.50 bits per heavy atom. The quantitative estimate of drug-likeness (QED) is 0.787. The summed E-state index contributed by atoms with van der Waals surface area (Å²) in [4.78, 5) is 11.7. The number of nitrogens with one attached hydrogen (secondary N) is 1. The fraction of sp³-hybridized carbons (Fsp3) is 0.462. The van der Waals surface area contributed by atoms with Gasteiger partial charge in [0.2, 0.25) is 5.91 Å². The van der Waals surface area contributed by atoms with E-state index < -0.39 is 0 Å². The molecule has 0 aliphatic heterocycles. The molecule has 0 aliphatic carbocycles. The van der Waals surface area contributed by atoms with Gasteiger partial charge in [0.05, 0.1) is 6.42 Å². The molecule has 0 aromatic heterocycles. The first-order valence-electron chi connectivity index (χ1n) is 5.52. The molecule has 0 spiro atoms. The second-order valence-electron chi connectivity index (χ2n) is 4.15. The second-order valence-corrected chi connectivity index (χ2v) is 4.46. The highest BCUT2D eigenvalue weighted by Gasteiger charge is 2.13. The predicted octanol–water partition coefficient (Wildman–Crippen LogP) is 2.61. The minimum absolute atomic E-state index is 0.0515. The fourth-order valence-corrected chi connectivity index (χ4v) is 1.63. The van der Waals surface area contributed by atoms with Crippen LogP contribution in [0.15, 0.2) is 30.3 Å². The Morgan fingerprint density at radius 1 is 1.31 bits per heavy atom. The van der Waals surface area contributed by atoms with Gasteiger partial charge in [-0.15, -0.1) is 11.6 Å². The first-order chi connectivity index (χ1) is 7.63. The number of amides is 1. The molecule has 0 heterocycles. The Labute approximate surface area is 102 Å². The van der Waals surface area contributed by atoms with Gasteiger partial charge in [-0.05, 0) is 18.4 Å². The van der Waals surface area contributed by atoms with Gasteiger partial charge < -0.3 is 5.32 Å². The molecular formula is C13H18ClNO. The van der Waals surface area contributed by atoms with Crippen LogP contribution in [-0.4, -0.2) is 17.8 Å². The van der Waals surface area contributed by atoms with Crippen molar-refractivity contribution < 1.29 is 4.79 Å². The Hall–Kier alpha value is -1.02. The summed E-state index contributed by atoms with van der Waals surface area (Å²) in [5, 5.41) is 2.96. The van der Waals surface area contributed by atoms with E-state index in [4.69, 9.17) is 11.6 Å². The van der Waals surface area contributed by atoms with Crippen LogP contribution in [0.4, 0.5) is 0 Å². The lowest BCUT2D eigenvalue weighted by Gasteiger charge is -2.19. The Balaban J connectivity index is 2.42. The second kappa shape index (κ2) is 6.54. The van der Waals surface area contributed by atoms with E-state index in [0.717, 1.165) is 5.56 Å². The topological polar surface area (TPSA) is 29.1 Å². The zero-order chi connectivity index (χ0) is 12.0. The van der Waals surface area contributed by atoms with Crippen LogP contribution in [0.1, 0.15) is 19.4 Å². The van der Waals surface area contributed by atoms with Crippen LogP contribution in [0.2, 0.25) is 0 Å². The van der Waals surface area contributed by atoms with Crippen molar-refractivity contribution in [1.29, 1.82) is 0 Å². The summed E-state index contributed by atoms with van der Waals surface area (Å²) in [6.07, 6.45) is 0.431. The van der Waals surface area contributed by atoms with E-state index in [1.54, 1.807) is 0 Å². The molecule has 1 aromatic carbocycles. The van der Waals surface area contributed by atoms with Crippen molar-refractivity contribution in [2.45, 2.75) is 26.3 Å². The number of halogens is 1. The molecule has 2 nitrogen and oxygen atoms in total. The van der Waals surface area contributed by atoms with Crippen LogP contribution in [0.25, 0.3) is 0 Å². The lowest BCUT2D eigenvalue weighted by atomic mass is 10.1. The minimum Gasteiger partial charge on any atom is -0.353 e. The largest absolute Gasteiger partial charge is 0.353 e. The molecule has 2 atom stereocenters. The van der Waals surface area contributed by atoms with Crippen LogP contribution >= 0.6 is 11.6 Å². The maximum absolute atomic E-state index is 11.7. The van der Waals surface area contributed by atoms with E-state index in [9.17, 15) is 4.79 Å². The smallest absolute Gasteiger partial charge is 0.224 e. The van der Waals surface area contributed by atoms with Gasteiger partial charge in [0.15, 0.2) is 0 Å². The Bertz CT molecular complexity index is 326. The average molecular weight is 240 g/mol. The van der Waals surface area contributed by atoms with E-state index in [2.05, 4.69) is 5.32 Å². The number of benzene rings is 1. The van der Waals surface area contributed by atoms with Crippen LogP contribution in [0, 0.1) is 5.92 Å². The van der Waals surface area contributed by atoms with Crippen molar-refractivity contribution in [2.24, 2.45) is 5.92 Å². The molecule has 0 fully saturated rings. The van der Waals surface area contributed by atoms with Crippen molar-refractivity contribution in [1.82, 2.24) is 5.32 Å². The monoisotopic (exact) mass is 239 g/mol. The first kappa shape index (κ1) is 13.0. The maximum Gasteiger partial charge on any atom is 0.224 e. The van der Waals surface area contributed by atoms with E-state index in [1.807, 2.05) is 44.2 Å². The van der Waals surface area contributed by atoms with Crippen LogP contribution in [-0.2, 0) is 11.2 Å². The minimum atomic E-state index is 0.0515. The average Bonchev–Trinajstić information content (AvgIpc) is 2.29. The SMILES string of the molecule is CC(CCl)C(C)NC(=O)Cc1ccccc1. The highest BCUT2D eigenvalue weighted by molar-refractivity contribution is 6.18. The summed E-state index contributed by atoms with van der Waals surface area (Å²) >= 11 is 5.74. The van der Waals surface area contributed by atoms with Gasteiger partial charge in [-0.25, -0.2) is 0 Å². The first-order valence-corrected chi connectivity index (χ1v) is 6.06. The van der Waals surface area contributed by atoms with Crippen molar-refractivity contribution in [2.75, 3.05) is 5.88 Å². The number of rotatable bonds is 5. The zero-order valence-corrected chi connectivity index (χ0v) is 10.5. The lowest BCUT2D eigenvalue weighted by Crippen LogP contribution is -2.38. The van der Waals surface area contributed by atoms with Gasteiger partial charge in [0.1, 0.15) is 0 Å². The molecule has 16 heavy (non-hydrogen) atoms. The Kier molecular flexibility index (Phi) is 5.33. The molecular weight excluding hydrogens is 222 g/mol. The molecule has 0 bridgehead atoms. The molecule has 88 valence electrons. The van der Waals surface area contributed by atoms with Gasteiger partial charge >= 0.3 is 0 Å². The molecule has 1 rings (SSSR count). The highest BCUT2D eigenvalue weighted by atomic mass is 35.5. The summed E-state index contributed by atoms with van der Waals surface area (Å²) in [7, 11) is 0. The van der Waals surface area contributed by atoms with Gasteiger partial charge in [-0.1, -0.05) is 37.3 Å². The summed E-state index contributed by atoms with van der Waals surface area (Å²) in [6, 6.07) is 9.85. The zero-order valence-electron chi connectivity index (χ0n) is 9.74. The van der Waals surface area contributed by atoms with Crippen LogP contribution in [0.5, 0.6) is 0 Å². The van der Waals surface area contributed by atoms with Crippen molar-refractivity contribution in [3.8, 4) is 0 Å². The summed E-state index contributed by atoms with van der Waals surface area (Å²) < 4.78 is 0. The number of carbonyl (C=O) groups is 1. The number of hydrogen-bond donors (Lipinski definition) is 1. The van der Waals surface area contributed by atoms with Gasteiger partial charge in [0.25, 0.3) is 0 Å². The molecule has 0 saturated heterocycles.